The highest BCUT2D eigenvalue weighted by atomic mass is 16.3. The second-order valence-electron chi connectivity index (χ2n) is 5.13. The summed E-state index contributed by atoms with van der Waals surface area (Å²) in [5.41, 5.74) is 4.34. The monoisotopic (exact) mass is 271 g/mol. The molecule has 4 heteroatoms. The van der Waals surface area contributed by atoms with Gasteiger partial charge in [-0.2, -0.15) is 0 Å². The van der Waals surface area contributed by atoms with Crippen LogP contribution < -0.4 is 5.32 Å². The van der Waals surface area contributed by atoms with Gasteiger partial charge in [-0.25, -0.2) is 0 Å². The largest absolute Gasteiger partial charge is 0.504 e. The predicted octanol–water partition coefficient (Wildman–Crippen LogP) is 2.90. The summed E-state index contributed by atoms with van der Waals surface area (Å²) >= 11 is 0. The number of hydrogen-bond acceptors (Lipinski definition) is 4. The van der Waals surface area contributed by atoms with Crippen LogP contribution in [0.3, 0.4) is 0 Å². The third-order valence-corrected chi connectivity index (χ3v) is 3.79. The minimum Gasteiger partial charge on any atom is -0.504 e. The zero-order chi connectivity index (χ0) is 14.1. The van der Waals surface area contributed by atoms with Crippen LogP contribution >= 0.6 is 0 Å². The zero-order valence-electron chi connectivity index (χ0n) is 11.1. The summed E-state index contributed by atoms with van der Waals surface area (Å²) in [4.78, 5) is 0. The second-order valence-corrected chi connectivity index (χ2v) is 5.13. The highest BCUT2D eigenvalue weighted by Crippen LogP contribution is 2.37. The molecular weight excluding hydrogens is 254 g/mol. The van der Waals surface area contributed by atoms with Crippen molar-refractivity contribution in [2.24, 2.45) is 0 Å². The fourth-order valence-corrected chi connectivity index (χ4v) is 2.63. The van der Waals surface area contributed by atoms with Gasteiger partial charge in [0.05, 0.1) is 0 Å². The summed E-state index contributed by atoms with van der Waals surface area (Å²) in [7, 11) is 0. The average molecular weight is 271 g/mol. The number of hydrogen-bond donors (Lipinski definition) is 4. The molecule has 1 aliphatic rings. The lowest BCUT2D eigenvalue weighted by Crippen LogP contribution is -2.00. The van der Waals surface area contributed by atoms with Crippen molar-refractivity contribution in [1.29, 1.82) is 0 Å². The molecule has 0 aliphatic heterocycles. The van der Waals surface area contributed by atoms with E-state index in [-0.39, 0.29) is 11.5 Å². The van der Waals surface area contributed by atoms with Crippen molar-refractivity contribution in [3.8, 4) is 17.2 Å². The van der Waals surface area contributed by atoms with Crippen LogP contribution in [0.4, 0.5) is 5.69 Å². The Hall–Kier alpha value is -2.36. The van der Waals surface area contributed by atoms with E-state index in [2.05, 4.69) is 17.4 Å². The first kappa shape index (κ1) is 12.7. The summed E-state index contributed by atoms with van der Waals surface area (Å²) in [6.45, 7) is 0.387. The Balaban J connectivity index is 1.75. The fourth-order valence-electron chi connectivity index (χ4n) is 2.63. The van der Waals surface area contributed by atoms with Gasteiger partial charge in [-0.1, -0.05) is 6.07 Å². The molecule has 2 aromatic carbocycles. The van der Waals surface area contributed by atoms with Gasteiger partial charge < -0.3 is 20.6 Å². The summed E-state index contributed by atoms with van der Waals surface area (Å²) in [6.07, 6.45) is 3.49. The minimum atomic E-state index is -0.474. The second kappa shape index (κ2) is 4.96. The lowest BCUT2D eigenvalue weighted by molar-refractivity contribution is 0.365. The van der Waals surface area contributed by atoms with Gasteiger partial charge in [-0.15, -0.1) is 0 Å². The number of anilines is 1. The number of benzene rings is 2. The van der Waals surface area contributed by atoms with Gasteiger partial charge in [0, 0.05) is 17.8 Å². The number of aromatic hydroxyl groups is 3. The Morgan fingerprint density at radius 1 is 0.900 bits per heavy atom. The van der Waals surface area contributed by atoms with Crippen LogP contribution in [-0.4, -0.2) is 15.3 Å². The first-order valence-electron chi connectivity index (χ1n) is 6.73. The minimum absolute atomic E-state index is 0.279. The lowest BCUT2D eigenvalue weighted by Gasteiger charge is -2.11. The number of fused-ring (bicyclic) bond motifs is 1. The van der Waals surface area contributed by atoms with E-state index in [1.54, 1.807) is 6.07 Å². The molecule has 0 bridgehead atoms. The highest BCUT2D eigenvalue weighted by molar-refractivity contribution is 5.55. The molecule has 4 nitrogen and oxygen atoms in total. The number of aryl methyl sites for hydroxylation is 2. The van der Waals surface area contributed by atoms with Crippen molar-refractivity contribution in [2.75, 3.05) is 5.32 Å². The molecule has 2 aromatic rings. The van der Waals surface area contributed by atoms with Gasteiger partial charge in [-0.05, 0) is 54.7 Å². The third-order valence-electron chi connectivity index (χ3n) is 3.79. The van der Waals surface area contributed by atoms with Crippen molar-refractivity contribution < 1.29 is 15.3 Å². The van der Waals surface area contributed by atoms with Crippen LogP contribution in [0.5, 0.6) is 17.2 Å². The first-order valence-corrected chi connectivity index (χ1v) is 6.73. The number of rotatable bonds is 3. The smallest absolute Gasteiger partial charge is 0.200 e. The quantitative estimate of drug-likeness (QED) is 0.648. The van der Waals surface area contributed by atoms with E-state index < -0.39 is 5.75 Å². The molecule has 0 radical (unpaired) electrons. The molecule has 0 aromatic heterocycles. The normalized spacial score (nSPS) is 13.2. The van der Waals surface area contributed by atoms with Gasteiger partial charge >= 0.3 is 0 Å². The summed E-state index contributed by atoms with van der Waals surface area (Å²) in [5.74, 6) is -1.07. The van der Waals surface area contributed by atoms with Crippen LogP contribution in [0.1, 0.15) is 23.1 Å². The maximum atomic E-state index is 9.76. The van der Waals surface area contributed by atoms with E-state index in [1.807, 2.05) is 6.07 Å². The Morgan fingerprint density at radius 2 is 1.70 bits per heavy atom. The molecule has 104 valence electrons. The van der Waals surface area contributed by atoms with Crippen molar-refractivity contribution in [3.05, 3.63) is 47.0 Å². The van der Waals surface area contributed by atoms with Crippen molar-refractivity contribution >= 4 is 5.69 Å². The SMILES string of the molecule is Oc1ccc(CNc2ccc3c(c2)CCC3)c(O)c1O. The Bertz CT molecular complexity index is 652. The third kappa shape index (κ3) is 2.25. The molecule has 20 heavy (non-hydrogen) atoms. The van der Waals surface area contributed by atoms with Crippen molar-refractivity contribution in [2.45, 2.75) is 25.8 Å². The van der Waals surface area contributed by atoms with Gasteiger partial charge in [0.2, 0.25) is 5.75 Å². The lowest BCUT2D eigenvalue weighted by atomic mass is 10.1. The van der Waals surface area contributed by atoms with Crippen LogP contribution in [0, 0.1) is 0 Å². The molecule has 0 atom stereocenters. The van der Waals surface area contributed by atoms with E-state index in [4.69, 9.17) is 0 Å². The van der Waals surface area contributed by atoms with Crippen molar-refractivity contribution in [1.82, 2.24) is 0 Å². The molecule has 0 saturated heterocycles. The maximum absolute atomic E-state index is 9.76. The van der Waals surface area contributed by atoms with E-state index >= 15 is 0 Å². The first-order chi connectivity index (χ1) is 9.65. The summed E-state index contributed by atoms with van der Waals surface area (Å²) < 4.78 is 0. The van der Waals surface area contributed by atoms with E-state index in [0.717, 1.165) is 18.5 Å². The van der Waals surface area contributed by atoms with Crippen LogP contribution in [0.25, 0.3) is 0 Å². The predicted molar refractivity (Wildman–Crippen MR) is 77.2 cm³/mol. The van der Waals surface area contributed by atoms with E-state index in [1.165, 1.54) is 23.6 Å². The van der Waals surface area contributed by atoms with Gasteiger partial charge in [-0.3, -0.25) is 0 Å². The number of phenolic OH excluding ortho intramolecular Hbond substituents is 3. The van der Waals surface area contributed by atoms with E-state index in [9.17, 15) is 15.3 Å². The van der Waals surface area contributed by atoms with Crippen LogP contribution in [0.2, 0.25) is 0 Å². The van der Waals surface area contributed by atoms with Gasteiger partial charge in [0.25, 0.3) is 0 Å². The Labute approximate surface area is 117 Å². The topological polar surface area (TPSA) is 72.7 Å². The Kier molecular flexibility index (Phi) is 3.14. The maximum Gasteiger partial charge on any atom is 0.200 e. The highest BCUT2D eigenvalue weighted by Gasteiger charge is 2.12. The molecule has 0 heterocycles. The average Bonchev–Trinajstić information content (AvgIpc) is 2.91. The number of phenols is 3. The van der Waals surface area contributed by atoms with Crippen molar-refractivity contribution in [3.63, 3.8) is 0 Å². The molecule has 0 fully saturated rings. The fraction of sp³-hybridized carbons (Fsp3) is 0.250. The van der Waals surface area contributed by atoms with E-state index in [0.29, 0.717) is 12.1 Å². The Morgan fingerprint density at radius 3 is 2.55 bits per heavy atom. The molecule has 1 aliphatic carbocycles. The standard InChI is InChI=1S/C16H17NO3/c18-14-7-5-12(15(19)16(14)20)9-17-13-6-4-10-2-1-3-11(10)8-13/h4-8,17-20H,1-3,9H2. The number of nitrogens with one attached hydrogen (secondary N) is 1. The van der Waals surface area contributed by atoms with Crippen LogP contribution in [0.15, 0.2) is 30.3 Å². The molecule has 0 unspecified atom stereocenters. The summed E-state index contributed by atoms with van der Waals surface area (Å²) in [6, 6.07) is 9.26. The van der Waals surface area contributed by atoms with Gasteiger partial charge in [0.15, 0.2) is 11.5 Å². The molecule has 0 amide bonds. The molecule has 0 spiro atoms. The summed E-state index contributed by atoms with van der Waals surface area (Å²) in [5, 5.41) is 31.8. The molecule has 0 saturated carbocycles. The van der Waals surface area contributed by atoms with Gasteiger partial charge in [0.1, 0.15) is 0 Å². The van der Waals surface area contributed by atoms with Crippen LogP contribution in [-0.2, 0) is 19.4 Å². The zero-order valence-corrected chi connectivity index (χ0v) is 11.1. The molecule has 3 rings (SSSR count). The molecule has 4 N–H and O–H groups in total. The molecular formula is C16H17NO3.